The number of ether oxygens (including phenoxy) is 1. The van der Waals surface area contributed by atoms with Crippen LogP contribution in [0.5, 0.6) is 0 Å². The third-order valence-electron chi connectivity index (χ3n) is 3.40. The van der Waals surface area contributed by atoms with Gasteiger partial charge in [0.15, 0.2) is 0 Å². The molecule has 1 rings (SSSR count). The minimum atomic E-state index is 0.423. The van der Waals surface area contributed by atoms with Crippen molar-refractivity contribution < 1.29 is 4.74 Å². The number of rotatable bonds is 5. The minimum Gasteiger partial charge on any atom is -0.383 e. The van der Waals surface area contributed by atoms with Gasteiger partial charge >= 0.3 is 0 Å². The molecule has 3 atom stereocenters. The van der Waals surface area contributed by atoms with Crippen LogP contribution in [0.4, 0.5) is 0 Å². The maximum Gasteiger partial charge on any atom is 0.0615 e. The highest BCUT2D eigenvalue weighted by molar-refractivity contribution is 4.82. The van der Waals surface area contributed by atoms with Gasteiger partial charge in [0.2, 0.25) is 0 Å². The maximum absolute atomic E-state index is 6.04. The highest BCUT2D eigenvalue weighted by atomic mass is 16.5. The van der Waals surface area contributed by atoms with E-state index in [1.54, 1.807) is 7.11 Å². The lowest BCUT2D eigenvalue weighted by atomic mass is 10.0. The van der Waals surface area contributed by atoms with Gasteiger partial charge in [-0.2, -0.15) is 0 Å². The van der Waals surface area contributed by atoms with E-state index in [0.29, 0.717) is 18.0 Å². The summed E-state index contributed by atoms with van der Waals surface area (Å²) < 4.78 is 5.14. The van der Waals surface area contributed by atoms with Crippen LogP contribution in [0, 0.1) is 5.92 Å². The van der Waals surface area contributed by atoms with Crippen molar-refractivity contribution in [2.24, 2.45) is 11.7 Å². The Labute approximate surface area is 87.6 Å². The summed E-state index contributed by atoms with van der Waals surface area (Å²) in [5.41, 5.74) is 6.04. The molecule has 1 aliphatic carbocycles. The third-order valence-corrected chi connectivity index (χ3v) is 3.40. The Bertz CT molecular complexity index is 163. The number of nitrogens with zero attached hydrogens (tertiary/aromatic N) is 1. The molecule has 1 saturated carbocycles. The average Bonchev–Trinajstić information content (AvgIpc) is 2.52. The van der Waals surface area contributed by atoms with Gasteiger partial charge in [0.25, 0.3) is 0 Å². The topological polar surface area (TPSA) is 38.5 Å². The van der Waals surface area contributed by atoms with Gasteiger partial charge in [0.05, 0.1) is 6.61 Å². The van der Waals surface area contributed by atoms with Crippen LogP contribution in [0.1, 0.15) is 26.2 Å². The van der Waals surface area contributed by atoms with Crippen LogP contribution in [-0.2, 0) is 4.74 Å². The van der Waals surface area contributed by atoms with Crippen molar-refractivity contribution in [1.82, 2.24) is 4.90 Å². The summed E-state index contributed by atoms with van der Waals surface area (Å²) in [7, 11) is 3.92. The summed E-state index contributed by atoms with van der Waals surface area (Å²) in [5.74, 6) is 0.694. The molecule has 0 spiro atoms. The number of hydrogen-bond donors (Lipinski definition) is 1. The Kier molecular flexibility index (Phi) is 4.85. The lowest BCUT2D eigenvalue weighted by Crippen LogP contribution is -2.40. The Hall–Kier alpha value is -0.120. The molecular formula is C11H24N2O. The second-order valence-corrected chi connectivity index (χ2v) is 4.60. The molecule has 0 radical (unpaired) electrons. The molecule has 0 amide bonds. The first-order chi connectivity index (χ1) is 6.65. The zero-order valence-corrected chi connectivity index (χ0v) is 9.70. The van der Waals surface area contributed by atoms with Crippen LogP contribution >= 0.6 is 0 Å². The molecule has 3 nitrogen and oxygen atoms in total. The van der Waals surface area contributed by atoms with Gasteiger partial charge in [-0.05, 0) is 32.7 Å². The second kappa shape index (κ2) is 5.69. The molecule has 14 heavy (non-hydrogen) atoms. The van der Waals surface area contributed by atoms with Gasteiger partial charge in [-0.25, -0.2) is 0 Å². The fraction of sp³-hybridized carbons (Fsp3) is 1.00. The number of nitrogens with two attached hydrogens (primary N) is 1. The van der Waals surface area contributed by atoms with Crippen LogP contribution in [0.2, 0.25) is 0 Å². The quantitative estimate of drug-likeness (QED) is 0.722. The molecule has 0 aromatic heterocycles. The Morgan fingerprint density at radius 3 is 2.71 bits per heavy atom. The van der Waals surface area contributed by atoms with Crippen molar-refractivity contribution in [2.75, 3.05) is 27.3 Å². The van der Waals surface area contributed by atoms with Gasteiger partial charge in [0, 0.05) is 25.7 Å². The molecule has 3 heteroatoms. The zero-order valence-electron chi connectivity index (χ0n) is 9.70. The highest BCUT2D eigenvalue weighted by Gasteiger charge is 2.25. The lowest BCUT2D eigenvalue weighted by molar-refractivity contribution is 0.104. The predicted octanol–water partition coefficient (Wildman–Crippen LogP) is 1.08. The van der Waals surface area contributed by atoms with Crippen molar-refractivity contribution in [3.8, 4) is 0 Å². The molecule has 1 fully saturated rings. The molecule has 0 heterocycles. The molecule has 0 bridgehead atoms. The lowest BCUT2D eigenvalue weighted by Gasteiger charge is -2.28. The summed E-state index contributed by atoms with van der Waals surface area (Å²) in [6.45, 7) is 4.12. The predicted molar refractivity (Wildman–Crippen MR) is 59.3 cm³/mol. The van der Waals surface area contributed by atoms with Crippen LogP contribution in [0.3, 0.4) is 0 Å². The average molecular weight is 200 g/mol. The first-order valence-electron chi connectivity index (χ1n) is 5.60. The van der Waals surface area contributed by atoms with Crippen molar-refractivity contribution in [1.29, 1.82) is 0 Å². The van der Waals surface area contributed by atoms with Crippen LogP contribution in [-0.4, -0.2) is 44.3 Å². The largest absolute Gasteiger partial charge is 0.383 e. The third kappa shape index (κ3) is 3.23. The summed E-state index contributed by atoms with van der Waals surface area (Å²) in [6, 6.07) is 0.917. The molecule has 1 aliphatic rings. The number of hydrogen-bond acceptors (Lipinski definition) is 3. The van der Waals surface area contributed by atoms with E-state index in [1.165, 1.54) is 19.3 Å². The van der Waals surface area contributed by atoms with Crippen LogP contribution < -0.4 is 5.73 Å². The summed E-state index contributed by atoms with van der Waals surface area (Å²) in [4.78, 5) is 2.36. The number of likely N-dealkylation sites (N-methyl/N-ethyl adjacent to an activating group) is 1. The molecule has 2 N–H and O–H groups in total. The standard InChI is InChI=1S/C11H24N2O/c1-9(8-14-3)13(2)7-10-5-4-6-11(10)12/h9-11H,4-8,12H2,1-3H3. The molecule has 0 aromatic carbocycles. The zero-order chi connectivity index (χ0) is 10.6. The Morgan fingerprint density at radius 1 is 1.50 bits per heavy atom. The fourth-order valence-corrected chi connectivity index (χ4v) is 2.21. The van der Waals surface area contributed by atoms with Gasteiger partial charge < -0.3 is 15.4 Å². The van der Waals surface area contributed by atoms with Crippen molar-refractivity contribution in [2.45, 2.75) is 38.3 Å². The van der Waals surface area contributed by atoms with E-state index in [0.717, 1.165) is 13.2 Å². The van der Waals surface area contributed by atoms with E-state index < -0.39 is 0 Å². The van der Waals surface area contributed by atoms with E-state index >= 15 is 0 Å². The Morgan fingerprint density at radius 2 is 2.21 bits per heavy atom. The van der Waals surface area contributed by atoms with E-state index in [2.05, 4.69) is 18.9 Å². The molecular weight excluding hydrogens is 176 g/mol. The van der Waals surface area contributed by atoms with Gasteiger partial charge in [0.1, 0.15) is 0 Å². The summed E-state index contributed by atoms with van der Waals surface area (Å²) in [5, 5.41) is 0. The van der Waals surface area contributed by atoms with Crippen LogP contribution in [0.15, 0.2) is 0 Å². The SMILES string of the molecule is COCC(C)N(C)CC1CCCC1N. The molecule has 84 valence electrons. The Balaban J connectivity index is 2.28. The van der Waals surface area contributed by atoms with E-state index in [1.807, 2.05) is 0 Å². The molecule has 0 aromatic rings. The van der Waals surface area contributed by atoms with Gasteiger partial charge in [-0.3, -0.25) is 0 Å². The first-order valence-corrected chi connectivity index (χ1v) is 5.60. The minimum absolute atomic E-state index is 0.423. The number of methoxy groups -OCH3 is 1. The molecule has 0 saturated heterocycles. The van der Waals surface area contributed by atoms with E-state index in [-0.39, 0.29) is 0 Å². The molecule has 0 aliphatic heterocycles. The van der Waals surface area contributed by atoms with E-state index in [9.17, 15) is 0 Å². The van der Waals surface area contributed by atoms with Crippen molar-refractivity contribution >= 4 is 0 Å². The van der Waals surface area contributed by atoms with E-state index in [4.69, 9.17) is 10.5 Å². The van der Waals surface area contributed by atoms with Gasteiger partial charge in [-0.15, -0.1) is 0 Å². The summed E-state index contributed by atoms with van der Waals surface area (Å²) >= 11 is 0. The fourth-order valence-electron chi connectivity index (χ4n) is 2.21. The monoisotopic (exact) mass is 200 g/mol. The molecule has 3 unspecified atom stereocenters. The van der Waals surface area contributed by atoms with Crippen molar-refractivity contribution in [3.63, 3.8) is 0 Å². The van der Waals surface area contributed by atoms with Crippen LogP contribution in [0.25, 0.3) is 0 Å². The highest BCUT2D eigenvalue weighted by Crippen LogP contribution is 2.24. The van der Waals surface area contributed by atoms with Crippen molar-refractivity contribution in [3.05, 3.63) is 0 Å². The summed E-state index contributed by atoms with van der Waals surface area (Å²) in [6.07, 6.45) is 3.81. The maximum atomic E-state index is 6.04. The van der Waals surface area contributed by atoms with Gasteiger partial charge in [-0.1, -0.05) is 6.42 Å². The first kappa shape index (κ1) is 12.0. The normalized spacial score (nSPS) is 29.8. The smallest absolute Gasteiger partial charge is 0.0615 e. The second-order valence-electron chi connectivity index (χ2n) is 4.60.